The summed E-state index contributed by atoms with van der Waals surface area (Å²) in [5.41, 5.74) is 1.99. The molecule has 2 aromatic rings. The van der Waals surface area contributed by atoms with Crippen LogP contribution in [0.5, 0.6) is 0 Å². The third-order valence-corrected chi connectivity index (χ3v) is 7.73. The predicted octanol–water partition coefficient (Wildman–Crippen LogP) is 1.68. The Hall–Kier alpha value is -2.98. The molecule has 9 nitrogen and oxygen atoms in total. The van der Waals surface area contributed by atoms with Gasteiger partial charge in [0, 0.05) is 45.8 Å². The van der Waals surface area contributed by atoms with Gasteiger partial charge >= 0.3 is 5.97 Å². The maximum absolute atomic E-state index is 13.0. The fraction of sp³-hybridized carbons (Fsp3) is 0.435. The van der Waals surface area contributed by atoms with E-state index in [4.69, 9.17) is 4.74 Å². The van der Waals surface area contributed by atoms with Gasteiger partial charge in [0.2, 0.25) is 21.7 Å². The highest BCUT2D eigenvalue weighted by molar-refractivity contribution is 7.89. The van der Waals surface area contributed by atoms with Crippen LogP contribution in [-0.2, 0) is 31.4 Å². The lowest BCUT2D eigenvalue weighted by Crippen LogP contribution is -2.50. The van der Waals surface area contributed by atoms with E-state index in [1.165, 1.54) is 4.31 Å². The van der Waals surface area contributed by atoms with Gasteiger partial charge in [0.05, 0.1) is 17.0 Å². The minimum absolute atomic E-state index is 0.0546. The number of nitrogens with zero attached hydrogens (tertiary/aromatic N) is 3. The van der Waals surface area contributed by atoms with Crippen LogP contribution in [0, 0.1) is 13.8 Å². The van der Waals surface area contributed by atoms with Gasteiger partial charge < -0.3 is 14.2 Å². The van der Waals surface area contributed by atoms with Gasteiger partial charge in [-0.25, -0.2) is 8.42 Å². The number of carbonyl (C=O) groups excluding carboxylic acids is 3. The zero-order valence-electron chi connectivity index (χ0n) is 19.1. The normalized spacial score (nSPS) is 14.8. The molecule has 1 amide bonds. The van der Waals surface area contributed by atoms with Crippen LogP contribution in [0.3, 0.4) is 0 Å². The van der Waals surface area contributed by atoms with Gasteiger partial charge in [0.25, 0.3) is 0 Å². The molecule has 1 aromatic carbocycles. The first-order valence-corrected chi connectivity index (χ1v) is 12.2. The van der Waals surface area contributed by atoms with E-state index in [0.29, 0.717) is 11.3 Å². The predicted molar refractivity (Wildman–Crippen MR) is 121 cm³/mol. The fourth-order valence-electron chi connectivity index (χ4n) is 3.71. The molecule has 0 atom stereocenters. The number of carbonyl (C=O) groups is 3. The second kappa shape index (κ2) is 10.3. The first-order valence-electron chi connectivity index (χ1n) is 10.7. The van der Waals surface area contributed by atoms with Crippen molar-refractivity contribution in [2.24, 2.45) is 7.05 Å². The Morgan fingerprint density at radius 3 is 2.33 bits per heavy atom. The first-order chi connectivity index (χ1) is 15.6. The number of hydrogen-bond acceptors (Lipinski definition) is 6. The van der Waals surface area contributed by atoms with E-state index < -0.39 is 16.0 Å². The zero-order valence-corrected chi connectivity index (χ0v) is 19.9. The van der Waals surface area contributed by atoms with Gasteiger partial charge in [-0.1, -0.05) is 12.1 Å². The number of aryl methyl sites for hydroxylation is 3. The molecule has 0 saturated carbocycles. The van der Waals surface area contributed by atoms with E-state index in [0.717, 1.165) is 5.56 Å². The van der Waals surface area contributed by atoms with Gasteiger partial charge in [-0.3, -0.25) is 14.4 Å². The first kappa shape index (κ1) is 24.7. The molecule has 0 aliphatic carbocycles. The number of benzene rings is 1. The largest absolute Gasteiger partial charge is 0.457 e. The number of sulfonamides is 1. The fourth-order valence-corrected chi connectivity index (χ4v) is 5.44. The summed E-state index contributed by atoms with van der Waals surface area (Å²) in [6.07, 6.45) is 1.53. The second-order valence-corrected chi connectivity index (χ2v) is 10.0. The van der Waals surface area contributed by atoms with Crippen molar-refractivity contribution in [2.75, 3.05) is 32.8 Å². The maximum atomic E-state index is 13.0. The Morgan fingerprint density at radius 2 is 1.70 bits per heavy atom. The second-order valence-electron chi connectivity index (χ2n) is 8.14. The quantitative estimate of drug-likeness (QED) is 0.425. The van der Waals surface area contributed by atoms with Crippen LogP contribution in [0.15, 0.2) is 41.4 Å². The highest BCUT2D eigenvalue weighted by Gasteiger charge is 2.31. The minimum Gasteiger partial charge on any atom is -0.457 e. The lowest BCUT2D eigenvalue weighted by molar-refractivity contribution is -0.145. The summed E-state index contributed by atoms with van der Waals surface area (Å²) in [6, 6.07) is 8.68. The Bertz CT molecular complexity index is 1150. The topological polar surface area (TPSA) is 106 Å². The molecule has 1 aliphatic heterocycles. The van der Waals surface area contributed by atoms with Crippen LogP contribution >= 0.6 is 0 Å². The van der Waals surface area contributed by atoms with E-state index in [2.05, 4.69) is 0 Å². The third-order valence-electron chi connectivity index (χ3n) is 5.69. The monoisotopic (exact) mass is 475 g/mol. The summed E-state index contributed by atoms with van der Waals surface area (Å²) >= 11 is 0. The van der Waals surface area contributed by atoms with Gasteiger partial charge in [-0.15, -0.1) is 0 Å². The van der Waals surface area contributed by atoms with E-state index in [1.807, 2.05) is 13.0 Å². The SMILES string of the molecule is Cc1ccc(C)c(S(=O)(=O)N2CCN(C(=O)CCC(=O)OCC(=O)c3cccn3C)CC2)c1. The number of hydrogen-bond donors (Lipinski definition) is 0. The van der Waals surface area contributed by atoms with Gasteiger partial charge in [0.1, 0.15) is 0 Å². The van der Waals surface area contributed by atoms with E-state index >= 15 is 0 Å². The molecule has 178 valence electrons. The minimum atomic E-state index is -3.64. The number of ketones is 1. The molecule has 10 heteroatoms. The van der Waals surface area contributed by atoms with Crippen molar-refractivity contribution in [2.45, 2.75) is 31.6 Å². The molecule has 1 fully saturated rings. The molecule has 1 saturated heterocycles. The summed E-state index contributed by atoms with van der Waals surface area (Å²) in [5.74, 6) is -1.19. The van der Waals surface area contributed by atoms with E-state index in [1.54, 1.807) is 53.9 Å². The number of esters is 1. The average Bonchev–Trinajstić information content (AvgIpc) is 3.23. The van der Waals surface area contributed by atoms with Crippen molar-refractivity contribution in [3.63, 3.8) is 0 Å². The molecule has 0 radical (unpaired) electrons. The number of rotatable bonds is 8. The highest BCUT2D eigenvalue weighted by Crippen LogP contribution is 2.22. The van der Waals surface area contributed by atoms with Crippen molar-refractivity contribution in [3.05, 3.63) is 53.3 Å². The molecule has 0 spiro atoms. The smallest absolute Gasteiger partial charge is 0.306 e. The average molecular weight is 476 g/mol. The number of Topliss-reactive ketones (excluding diaryl/α,β-unsaturated/α-hetero) is 1. The molecule has 0 unspecified atom stereocenters. The number of piperazine rings is 1. The van der Waals surface area contributed by atoms with Crippen LogP contribution in [0.25, 0.3) is 0 Å². The summed E-state index contributed by atoms with van der Waals surface area (Å²) in [6.45, 7) is 4.12. The summed E-state index contributed by atoms with van der Waals surface area (Å²) < 4.78 is 34.1. The van der Waals surface area contributed by atoms with Gasteiger partial charge in [-0.2, -0.15) is 4.31 Å². The van der Waals surface area contributed by atoms with Crippen molar-refractivity contribution < 1.29 is 27.5 Å². The van der Waals surface area contributed by atoms with Crippen molar-refractivity contribution in [3.8, 4) is 0 Å². The molecule has 3 rings (SSSR count). The Labute approximate surface area is 194 Å². The zero-order chi connectivity index (χ0) is 24.2. The summed E-state index contributed by atoms with van der Waals surface area (Å²) in [5, 5.41) is 0. The number of amides is 1. The molecule has 1 aromatic heterocycles. The Morgan fingerprint density at radius 1 is 1.00 bits per heavy atom. The maximum Gasteiger partial charge on any atom is 0.306 e. The van der Waals surface area contributed by atoms with Crippen LogP contribution in [-0.4, -0.2) is 72.6 Å². The van der Waals surface area contributed by atoms with Crippen molar-refractivity contribution in [1.82, 2.24) is 13.8 Å². The molecule has 0 bridgehead atoms. The summed E-state index contributed by atoms with van der Waals surface area (Å²) in [4.78, 5) is 38.3. The van der Waals surface area contributed by atoms with E-state index in [-0.39, 0.29) is 62.2 Å². The number of aromatic nitrogens is 1. The van der Waals surface area contributed by atoms with Crippen LogP contribution in [0.1, 0.15) is 34.5 Å². The lowest BCUT2D eigenvalue weighted by Gasteiger charge is -2.34. The van der Waals surface area contributed by atoms with E-state index in [9.17, 15) is 22.8 Å². The molecule has 33 heavy (non-hydrogen) atoms. The molecular formula is C23H29N3O6S. The van der Waals surface area contributed by atoms with Crippen LogP contribution in [0.4, 0.5) is 0 Å². The molecule has 0 N–H and O–H groups in total. The Balaban J connectivity index is 1.45. The third kappa shape index (κ3) is 5.88. The van der Waals surface area contributed by atoms with Crippen LogP contribution in [0.2, 0.25) is 0 Å². The number of ether oxygens (including phenoxy) is 1. The van der Waals surface area contributed by atoms with Gasteiger partial charge in [0.15, 0.2) is 6.61 Å². The van der Waals surface area contributed by atoms with Crippen molar-refractivity contribution in [1.29, 1.82) is 0 Å². The molecule has 1 aliphatic rings. The van der Waals surface area contributed by atoms with Crippen molar-refractivity contribution >= 4 is 27.7 Å². The highest BCUT2D eigenvalue weighted by atomic mass is 32.2. The van der Waals surface area contributed by atoms with Crippen LogP contribution < -0.4 is 0 Å². The molecule has 2 heterocycles. The molecular weight excluding hydrogens is 446 g/mol. The van der Waals surface area contributed by atoms with Gasteiger partial charge in [-0.05, 0) is 43.2 Å². The standard InChI is InChI=1S/C23H29N3O6S/c1-17-6-7-18(2)21(15-17)33(30,31)26-13-11-25(12-14-26)22(28)8-9-23(29)32-16-20(27)19-5-4-10-24(19)3/h4-7,10,15H,8-9,11-14,16H2,1-3H3. The summed E-state index contributed by atoms with van der Waals surface area (Å²) in [7, 11) is -1.92. The Kier molecular flexibility index (Phi) is 7.70. The lowest BCUT2D eigenvalue weighted by atomic mass is 10.2.